The highest BCUT2D eigenvalue weighted by Gasteiger charge is 2.21. The van der Waals surface area contributed by atoms with Gasteiger partial charge < -0.3 is 4.42 Å². The maximum atomic E-state index is 6.55. The second-order valence-electron chi connectivity index (χ2n) is 12.8. The van der Waals surface area contributed by atoms with Crippen LogP contribution in [0.2, 0.25) is 0 Å². The molecule has 0 aliphatic carbocycles. The van der Waals surface area contributed by atoms with Crippen molar-refractivity contribution in [1.82, 2.24) is 0 Å². The highest BCUT2D eigenvalue weighted by Crippen LogP contribution is 2.48. The lowest BCUT2D eigenvalue weighted by molar-refractivity contribution is 0.669. The number of furan rings is 1. The van der Waals surface area contributed by atoms with E-state index >= 15 is 0 Å². The number of hydrogen-bond donors (Lipinski definition) is 0. The van der Waals surface area contributed by atoms with Crippen molar-refractivity contribution in [3.8, 4) is 44.5 Å². The summed E-state index contributed by atoms with van der Waals surface area (Å²) in [7, 11) is 0. The first kappa shape index (κ1) is 27.7. The van der Waals surface area contributed by atoms with Crippen LogP contribution < -0.4 is 0 Å². The third-order valence-corrected chi connectivity index (χ3v) is 10.0. The zero-order valence-electron chi connectivity index (χ0n) is 26.7. The molecule has 228 valence electrons. The molecule has 0 spiro atoms. The summed E-state index contributed by atoms with van der Waals surface area (Å²) in [6.45, 7) is 0. The van der Waals surface area contributed by atoms with Crippen LogP contribution in [0.5, 0.6) is 0 Å². The average Bonchev–Trinajstić information content (AvgIpc) is 3.54. The lowest BCUT2D eigenvalue weighted by Crippen LogP contribution is -1.92. The van der Waals surface area contributed by atoms with Gasteiger partial charge in [-0.25, -0.2) is 0 Å². The second-order valence-corrected chi connectivity index (χ2v) is 12.8. The zero-order valence-corrected chi connectivity index (χ0v) is 26.7. The van der Waals surface area contributed by atoms with Crippen molar-refractivity contribution in [1.29, 1.82) is 0 Å². The summed E-state index contributed by atoms with van der Waals surface area (Å²) in [4.78, 5) is 0. The number of rotatable bonds is 4. The Balaban J connectivity index is 1.31. The molecule has 0 bridgehead atoms. The summed E-state index contributed by atoms with van der Waals surface area (Å²) < 4.78 is 6.55. The fourth-order valence-electron chi connectivity index (χ4n) is 7.82. The average molecular weight is 623 g/mol. The van der Waals surface area contributed by atoms with Crippen molar-refractivity contribution in [2.75, 3.05) is 0 Å². The van der Waals surface area contributed by atoms with E-state index in [2.05, 4.69) is 182 Å². The molecule has 0 saturated carbocycles. The molecule has 1 heterocycles. The van der Waals surface area contributed by atoms with E-state index in [1.807, 2.05) is 0 Å². The fraction of sp³-hybridized carbons (Fsp3) is 0. The van der Waals surface area contributed by atoms with E-state index in [0.717, 1.165) is 21.9 Å². The maximum Gasteiger partial charge on any atom is 0.136 e. The van der Waals surface area contributed by atoms with Gasteiger partial charge in [-0.2, -0.15) is 0 Å². The van der Waals surface area contributed by atoms with Gasteiger partial charge in [-0.15, -0.1) is 0 Å². The Bertz CT molecular complexity index is 2750. The topological polar surface area (TPSA) is 13.1 Å². The Labute approximate surface area is 284 Å². The minimum atomic E-state index is 0.906. The van der Waals surface area contributed by atoms with Crippen molar-refractivity contribution >= 4 is 54.3 Å². The van der Waals surface area contributed by atoms with Crippen LogP contribution in [0.25, 0.3) is 98.8 Å². The van der Waals surface area contributed by atoms with E-state index < -0.39 is 0 Å². The van der Waals surface area contributed by atoms with E-state index in [9.17, 15) is 0 Å². The number of hydrogen-bond acceptors (Lipinski definition) is 1. The molecule has 0 saturated heterocycles. The van der Waals surface area contributed by atoms with Crippen LogP contribution in [0, 0.1) is 0 Å². The van der Waals surface area contributed by atoms with Crippen molar-refractivity contribution < 1.29 is 4.42 Å². The third-order valence-electron chi connectivity index (χ3n) is 10.0. The molecule has 0 amide bonds. The Morgan fingerprint density at radius 1 is 0.286 bits per heavy atom. The zero-order chi connectivity index (χ0) is 32.3. The van der Waals surface area contributed by atoms with E-state index in [-0.39, 0.29) is 0 Å². The highest BCUT2D eigenvalue weighted by molar-refractivity contribution is 6.26. The highest BCUT2D eigenvalue weighted by atomic mass is 16.3. The summed E-state index contributed by atoms with van der Waals surface area (Å²) in [5.74, 6) is 0. The molecule has 10 rings (SSSR count). The van der Waals surface area contributed by atoms with Gasteiger partial charge >= 0.3 is 0 Å². The Kier molecular flexibility index (Phi) is 6.25. The fourth-order valence-corrected chi connectivity index (χ4v) is 7.82. The normalized spacial score (nSPS) is 11.7. The van der Waals surface area contributed by atoms with Crippen LogP contribution >= 0.6 is 0 Å². The Hall–Kier alpha value is -6.44. The van der Waals surface area contributed by atoms with Crippen molar-refractivity contribution in [2.24, 2.45) is 0 Å². The molecular formula is C48H30O. The van der Waals surface area contributed by atoms with E-state index in [1.165, 1.54) is 76.8 Å². The first-order valence-corrected chi connectivity index (χ1v) is 16.8. The molecule has 49 heavy (non-hydrogen) atoms. The van der Waals surface area contributed by atoms with Gasteiger partial charge in [0.2, 0.25) is 0 Å². The summed E-state index contributed by atoms with van der Waals surface area (Å²) in [5, 5.41) is 9.61. The van der Waals surface area contributed by atoms with Crippen LogP contribution in [0.1, 0.15) is 0 Å². The molecule has 10 aromatic rings. The number of benzene rings is 9. The molecular weight excluding hydrogens is 593 g/mol. The predicted octanol–water partition coefficient (Wildman–Crippen LogP) is 13.7. The monoisotopic (exact) mass is 622 g/mol. The molecule has 0 fully saturated rings. The summed E-state index contributed by atoms with van der Waals surface area (Å²) >= 11 is 0. The van der Waals surface area contributed by atoms with Gasteiger partial charge in [0.25, 0.3) is 0 Å². The molecule has 0 unspecified atom stereocenters. The molecule has 1 heteroatoms. The van der Waals surface area contributed by atoms with E-state index in [1.54, 1.807) is 0 Å². The predicted molar refractivity (Wildman–Crippen MR) is 208 cm³/mol. The molecule has 0 aliphatic rings. The second kappa shape index (κ2) is 11.1. The minimum Gasteiger partial charge on any atom is -0.456 e. The van der Waals surface area contributed by atoms with Crippen LogP contribution in [0.15, 0.2) is 186 Å². The van der Waals surface area contributed by atoms with Crippen molar-refractivity contribution in [2.45, 2.75) is 0 Å². The number of fused-ring (bicyclic) bond motifs is 6. The van der Waals surface area contributed by atoms with Crippen LogP contribution in [-0.4, -0.2) is 0 Å². The summed E-state index contributed by atoms with van der Waals surface area (Å²) in [5.41, 5.74) is 11.5. The van der Waals surface area contributed by atoms with Gasteiger partial charge in [0.05, 0.1) is 0 Å². The van der Waals surface area contributed by atoms with Crippen LogP contribution in [0.4, 0.5) is 0 Å². The Morgan fingerprint density at radius 2 is 0.776 bits per heavy atom. The van der Waals surface area contributed by atoms with Crippen molar-refractivity contribution in [3.63, 3.8) is 0 Å². The molecule has 1 nitrogen and oxygen atoms in total. The summed E-state index contributed by atoms with van der Waals surface area (Å²) in [6.07, 6.45) is 0. The molecule has 0 radical (unpaired) electrons. The molecule has 9 aromatic carbocycles. The standard InChI is InChI=1S/C48H30O/c1-3-14-31(15-4-1)35-26-36(32-16-5-2-6-17-32)28-37(27-35)46-38-20-9-11-22-40(38)47(41-23-12-10-21-39(41)46)42-24-13-25-44-48(42)43-29-33-18-7-8-19-34(33)30-45(43)49-44/h1-30H. The maximum absolute atomic E-state index is 6.55. The largest absolute Gasteiger partial charge is 0.456 e. The minimum absolute atomic E-state index is 0.906. The molecule has 0 atom stereocenters. The van der Waals surface area contributed by atoms with Crippen molar-refractivity contribution in [3.05, 3.63) is 182 Å². The first-order chi connectivity index (χ1) is 24.3. The smallest absolute Gasteiger partial charge is 0.136 e. The molecule has 1 aromatic heterocycles. The molecule has 0 N–H and O–H groups in total. The van der Waals surface area contributed by atoms with Gasteiger partial charge in [-0.3, -0.25) is 0 Å². The van der Waals surface area contributed by atoms with E-state index in [0.29, 0.717) is 0 Å². The summed E-state index contributed by atoms with van der Waals surface area (Å²) in [6, 6.07) is 65.8. The van der Waals surface area contributed by atoms with Gasteiger partial charge in [0, 0.05) is 10.8 Å². The quantitative estimate of drug-likeness (QED) is 0.178. The van der Waals surface area contributed by atoms with E-state index in [4.69, 9.17) is 4.42 Å². The van der Waals surface area contributed by atoms with Crippen LogP contribution in [0.3, 0.4) is 0 Å². The Morgan fingerprint density at radius 3 is 1.37 bits per heavy atom. The lowest BCUT2D eigenvalue weighted by Gasteiger charge is -2.19. The van der Waals surface area contributed by atoms with Gasteiger partial charge in [-0.1, -0.05) is 146 Å². The molecule has 0 aliphatic heterocycles. The van der Waals surface area contributed by atoms with Gasteiger partial charge in [0.1, 0.15) is 11.2 Å². The first-order valence-electron chi connectivity index (χ1n) is 16.8. The SMILES string of the molecule is c1ccc(-c2cc(-c3ccccc3)cc(-c3c4ccccc4c(-c4cccc5oc6cc7ccccc7cc6c45)c4ccccc34)c2)cc1. The third kappa shape index (κ3) is 4.47. The lowest BCUT2D eigenvalue weighted by atomic mass is 9.83. The van der Waals surface area contributed by atoms with Gasteiger partial charge in [0.15, 0.2) is 0 Å². The van der Waals surface area contributed by atoms with Crippen LogP contribution in [-0.2, 0) is 0 Å². The van der Waals surface area contributed by atoms with Gasteiger partial charge in [-0.05, 0) is 113 Å².